The number of amides is 1. The van der Waals surface area contributed by atoms with E-state index in [4.69, 9.17) is 9.72 Å². The van der Waals surface area contributed by atoms with Gasteiger partial charge >= 0.3 is 0 Å². The third kappa shape index (κ3) is 4.78. The highest BCUT2D eigenvalue weighted by Gasteiger charge is 2.31. The highest BCUT2D eigenvalue weighted by Crippen LogP contribution is 2.32. The Morgan fingerprint density at radius 3 is 2.43 bits per heavy atom. The SMILES string of the molecule is CCC(c1nc2ccccc2c(=O)n1-c1ccccc1OC)N(Cc1ccccc1)C(=O)c1cccs1. The number of carbonyl (C=O) groups is 1. The van der Waals surface area contributed by atoms with E-state index in [-0.39, 0.29) is 11.5 Å². The Balaban J connectivity index is 1.76. The smallest absolute Gasteiger partial charge is 0.266 e. The van der Waals surface area contributed by atoms with Crippen LogP contribution in [0.3, 0.4) is 0 Å². The van der Waals surface area contributed by atoms with Crippen molar-refractivity contribution in [2.24, 2.45) is 0 Å². The molecule has 7 heteroatoms. The van der Waals surface area contributed by atoms with Crippen LogP contribution in [0.2, 0.25) is 0 Å². The van der Waals surface area contributed by atoms with E-state index in [0.717, 1.165) is 5.56 Å². The van der Waals surface area contributed by atoms with Crippen molar-refractivity contribution < 1.29 is 9.53 Å². The van der Waals surface area contributed by atoms with Gasteiger partial charge in [0.2, 0.25) is 0 Å². The summed E-state index contributed by atoms with van der Waals surface area (Å²) < 4.78 is 7.24. The van der Waals surface area contributed by atoms with Crippen molar-refractivity contribution in [3.63, 3.8) is 0 Å². The van der Waals surface area contributed by atoms with Gasteiger partial charge in [0.25, 0.3) is 11.5 Å². The van der Waals surface area contributed by atoms with Crippen molar-refractivity contribution in [3.05, 3.63) is 123 Å². The van der Waals surface area contributed by atoms with E-state index >= 15 is 0 Å². The number of hydrogen-bond donors (Lipinski definition) is 0. The summed E-state index contributed by atoms with van der Waals surface area (Å²) in [5, 5.41) is 2.40. The minimum atomic E-state index is -0.475. The Labute approximate surface area is 219 Å². The maximum Gasteiger partial charge on any atom is 0.266 e. The van der Waals surface area contributed by atoms with Crippen molar-refractivity contribution in [1.82, 2.24) is 14.5 Å². The van der Waals surface area contributed by atoms with Crippen LogP contribution in [0.15, 0.2) is 101 Å². The summed E-state index contributed by atoms with van der Waals surface area (Å²) in [5.74, 6) is 0.952. The van der Waals surface area contributed by atoms with Gasteiger partial charge in [-0.15, -0.1) is 11.3 Å². The lowest BCUT2D eigenvalue weighted by atomic mass is 10.1. The molecule has 5 aromatic rings. The van der Waals surface area contributed by atoms with E-state index in [1.807, 2.05) is 102 Å². The number of methoxy groups -OCH3 is 1. The van der Waals surface area contributed by atoms with Crippen LogP contribution >= 0.6 is 11.3 Å². The Morgan fingerprint density at radius 2 is 1.70 bits per heavy atom. The van der Waals surface area contributed by atoms with Crippen LogP contribution in [0.4, 0.5) is 0 Å². The summed E-state index contributed by atoms with van der Waals surface area (Å²) in [7, 11) is 1.58. The Kier molecular flexibility index (Phi) is 7.14. The molecule has 1 amide bonds. The van der Waals surface area contributed by atoms with Gasteiger partial charge in [-0.25, -0.2) is 4.98 Å². The monoisotopic (exact) mass is 509 g/mol. The zero-order valence-electron chi connectivity index (χ0n) is 20.7. The summed E-state index contributed by atoms with van der Waals surface area (Å²) in [6.45, 7) is 2.39. The summed E-state index contributed by atoms with van der Waals surface area (Å²) >= 11 is 1.41. The average molecular weight is 510 g/mol. The molecule has 2 heterocycles. The van der Waals surface area contributed by atoms with E-state index in [1.165, 1.54) is 11.3 Å². The second-order valence-electron chi connectivity index (χ2n) is 8.62. The number of benzene rings is 3. The molecule has 0 fully saturated rings. The number of rotatable bonds is 8. The molecular weight excluding hydrogens is 482 g/mol. The molecule has 0 radical (unpaired) electrons. The quantitative estimate of drug-likeness (QED) is 0.248. The maximum atomic E-state index is 14.0. The molecule has 2 aromatic heterocycles. The number of aromatic nitrogens is 2. The first kappa shape index (κ1) is 24.5. The number of nitrogens with zero attached hydrogens (tertiary/aromatic N) is 3. The molecule has 37 heavy (non-hydrogen) atoms. The third-order valence-corrected chi connectivity index (χ3v) is 7.24. The summed E-state index contributed by atoms with van der Waals surface area (Å²) in [6.07, 6.45) is 0.559. The molecule has 6 nitrogen and oxygen atoms in total. The number of para-hydroxylation sites is 3. The fourth-order valence-electron chi connectivity index (χ4n) is 4.61. The molecule has 0 aliphatic heterocycles. The van der Waals surface area contributed by atoms with E-state index in [2.05, 4.69) is 0 Å². The molecule has 1 unspecified atom stereocenters. The van der Waals surface area contributed by atoms with Gasteiger partial charge < -0.3 is 9.64 Å². The number of thiophene rings is 1. The molecule has 0 saturated heterocycles. The topological polar surface area (TPSA) is 64.4 Å². The molecule has 3 aromatic carbocycles. The highest BCUT2D eigenvalue weighted by molar-refractivity contribution is 7.12. The minimum Gasteiger partial charge on any atom is -0.495 e. The molecule has 0 spiro atoms. The minimum absolute atomic E-state index is 0.0975. The molecule has 0 N–H and O–H groups in total. The zero-order valence-corrected chi connectivity index (χ0v) is 21.5. The van der Waals surface area contributed by atoms with Gasteiger partial charge in [-0.2, -0.15) is 0 Å². The van der Waals surface area contributed by atoms with Crippen molar-refractivity contribution in [2.75, 3.05) is 7.11 Å². The second-order valence-corrected chi connectivity index (χ2v) is 9.57. The summed E-state index contributed by atoms with van der Waals surface area (Å²) in [4.78, 5) is 35.3. The van der Waals surface area contributed by atoms with Crippen LogP contribution in [0, 0.1) is 0 Å². The van der Waals surface area contributed by atoms with E-state index in [0.29, 0.717) is 46.0 Å². The van der Waals surface area contributed by atoms with Crippen LogP contribution in [0.25, 0.3) is 16.6 Å². The third-order valence-electron chi connectivity index (χ3n) is 6.38. The van der Waals surface area contributed by atoms with E-state index in [9.17, 15) is 9.59 Å². The first-order valence-electron chi connectivity index (χ1n) is 12.2. The predicted molar refractivity (Wildman–Crippen MR) is 148 cm³/mol. The Hall–Kier alpha value is -4.23. The van der Waals surface area contributed by atoms with Gasteiger partial charge in [0.05, 0.1) is 34.6 Å². The lowest BCUT2D eigenvalue weighted by Gasteiger charge is -2.32. The summed E-state index contributed by atoms with van der Waals surface area (Å²) in [5.41, 5.74) is 1.98. The molecule has 0 saturated carbocycles. The fourth-order valence-corrected chi connectivity index (χ4v) is 5.29. The molecule has 0 bridgehead atoms. The van der Waals surface area contributed by atoms with Crippen LogP contribution in [-0.4, -0.2) is 27.5 Å². The molecule has 186 valence electrons. The second kappa shape index (κ2) is 10.8. The standard InChI is InChI=1S/C30H27N3O3S/c1-3-24(32(20-21-12-5-4-6-13-21)30(35)27-18-11-19-37-27)28-31-23-15-8-7-14-22(23)29(34)33(28)25-16-9-10-17-26(25)36-2/h4-19,24H,3,20H2,1-2H3. The molecule has 0 aliphatic carbocycles. The van der Waals surface area contributed by atoms with Gasteiger partial charge in [-0.05, 0) is 47.7 Å². The van der Waals surface area contributed by atoms with Gasteiger partial charge in [0.1, 0.15) is 11.6 Å². The normalized spacial score (nSPS) is 11.8. The van der Waals surface area contributed by atoms with Gasteiger partial charge in [0, 0.05) is 6.54 Å². The Morgan fingerprint density at radius 1 is 0.973 bits per heavy atom. The van der Waals surface area contributed by atoms with Crippen LogP contribution in [0.5, 0.6) is 5.75 Å². The number of carbonyl (C=O) groups excluding carboxylic acids is 1. The molecular formula is C30H27N3O3S. The van der Waals surface area contributed by atoms with Gasteiger partial charge in [0.15, 0.2) is 0 Å². The van der Waals surface area contributed by atoms with Crippen molar-refractivity contribution in [1.29, 1.82) is 0 Å². The predicted octanol–water partition coefficient (Wildman–Crippen LogP) is 6.25. The van der Waals surface area contributed by atoms with E-state index in [1.54, 1.807) is 17.7 Å². The number of fused-ring (bicyclic) bond motifs is 1. The Bertz CT molecular complexity index is 1580. The van der Waals surface area contributed by atoms with Crippen LogP contribution in [-0.2, 0) is 6.54 Å². The first-order valence-corrected chi connectivity index (χ1v) is 13.0. The lowest BCUT2D eigenvalue weighted by molar-refractivity contribution is 0.0646. The van der Waals surface area contributed by atoms with E-state index < -0.39 is 6.04 Å². The fraction of sp³-hybridized carbons (Fsp3) is 0.167. The average Bonchev–Trinajstić information content (AvgIpc) is 3.49. The van der Waals surface area contributed by atoms with Crippen molar-refractivity contribution in [3.8, 4) is 11.4 Å². The molecule has 1 atom stereocenters. The van der Waals surface area contributed by atoms with Gasteiger partial charge in [-0.3, -0.25) is 14.2 Å². The maximum absolute atomic E-state index is 14.0. The highest BCUT2D eigenvalue weighted by atomic mass is 32.1. The van der Waals surface area contributed by atoms with Crippen LogP contribution < -0.4 is 10.3 Å². The number of hydrogen-bond acceptors (Lipinski definition) is 5. The lowest BCUT2D eigenvalue weighted by Crippen LogP contribution is -2.38. The summed E-state index contributed by atoms with van der Waals surface area (Å²) in [6, 6.07) is 27.8. The largest absolute Gasteiger partial charge is 0.495 e. The number of ether oxygens (including phenoxy) is 1. The van der Waals surface area contributed by atoms with Crippen molar-refractivity contribution in [2.45, 2.75) is 25.9 Å². The molecule has 5 rings (SSSR count). The molecule has 0 aliphatic rings. The first-order chi connectivity index (χ1) is 18.1. The zero-order chi connectivity index (χ0) is 25.8. The van der Waals surface area contributed by atoms with Crippen LogP contribution in [0.1, 0.15) is 40.4 Å². The van der Waals surface area contributed by atoms with Gasteiger partial charge in [-0.1, -0.05) is 67.6 Å². The van der Waals surface area contributed by atoms with Crippen molar-refractivity contribution >= 4 is 28.1 Å².